The Morgan fingerprint density at radius 3 is 2.42 bits per heavy atom. The summed E-state index contributed by atoms with van der Waals surface area (Å²) in [5.74, 6) is 1.39. The maximum Gasteiger partial charge on any atom is 0.203 e. The van der Waals surface area contributed by atoms with Crippen molar-refractivity contribution in [2.75, 3.05) is 7.11 Å². The van der Waals surface area contributed by atoms with E-state index in [1.54, 1.807) is 7.11 Å². The van der Waals surface area contributed by atoms with Crippen molar-refractivity contribution >= 4 is 5.78 Å². The molecule has 196 valence electrons. The summed E-state index contributed by atoms with van der Waals surface area (Å²) in [5, 5.41) is 9.91. The van der Waals surface area contributed by atoms with Gasteiger partial charge in [-0.15, -0.1) is 6.58 Å². The number of rotatable bonds is 15. The van der Waals surface area contributed by atoms with Crippen molar-refractivity contribution in [2.24, 2.45) is 11.3 Å². The first kappa shape index (κ1) is 29.4. The van der Waals surface area contributed by atoms with Gasteiger partial charge in [-0.05, 0) is 89.0 Å². The third-order valence-corrected chi connectivity index (χ3v) is 7.17. The van der Waals surface area contributed by atoms with Gasteiger partial charge in [0, 0.05) is 5.41 Å². The highest BCUT2D eigenvalue weighted by molar-refractivity contribution is 6.01. The van der Waals surface area contributed by atoms with Gasteiger partial charge in [0.05, 0.1) is 13.2 Å². The number of aliphatic hydroxyl groups is 1. The summed E-state index contributed by atoms with van der Waals surface area (Å²) in [7, 11) is 1.64. The number of Topliss-reactive ketones (excluding diaryl/α,β-unsaturated/α-hetero) is 1. The van der Waals surface area contributed by atoms with Gasteiger partial charge in [0.25, 0.3) is 0 Å². The van der Waals surface area contributed by atoms with E-state index >= 15 is 0 Å². The summed E-state index contributed by atoms with van der Waals surface area (Å²) in [6, 6.07) is 7.68. The maximum absolute atomic E-state index is 13.4. The number of hydrogen-bond donors (Lipinski definition) is 1. The first-order chi connectivity index (χ1) is 17.1. The fourth-order valence-corrected chi connectivity index (χ4v) is 4.39. The van der Waals surface area contributed by atoms with Crippen molar-refractivity contribution in [3.63, 3.8) is 0 Å². The third kappa shape index (κ3) is 8.37. The molecule has 4 nitrogen and oxygen atoms in total. The number of benzene rings is 1. The highest BCUT2D eigenvalue weighted by atomic mass is 16.5. The molecule has 1 aromatic rings. The molecule has 0 unspecified atom stereocenters. The minimum atomic E-state index is -0.533. The molecule has 1 aliphatic rings. The van der Waals surface area contributed by atoms with Gasteiger partial charge in [-0.1, -0.05) is 60.6 Å². The maximum atomic E-state index is 13.4. The molecule has 4 heteroatoms. The van der Waals surface area contributed by atoms with Crippen molar-refractivity contribution in [3.05, 3.63) is 89.8 Å². The number of hydrogen-bond acceptors (Lipinski definition) is 4. The standard InChI is InChI=1S/C32H44O4/c1-8-10-27-21-30(36-22-26-14-16-28(35-7)17-15-26)31(34)32(27,6)20-19-25(5)12-9-11-24(4)13-18-29(33)23(2)3/h8,11,14-17,19,21,27,29,33H,1-2,9-10,12-13,18,20,22H2,3-7H3/b24-11+,25-19+/t27-,29+,32+/m1/s1. The molecule has 3 atom stereocenters. The molecule has 0 heterocycles. The number of ketones is 1. The van der Waals surface area contributed by atoms with E-state index in [9.17, 15) is 9.90 Å². The van der Waals surface area contributed by atoms with Crippen LogP contribution in [0.15, 0.2) is 84.2 Å². The van der Waals surface area contributed by atoms with Crippen molar-refractivity contribution < 1.29 is 19.4 Å². The molecule has 36 heavy (non-hydrogen) atoms. The minimum absolute atomic E-state index is 0.0683. The molecule has 0 aromatic heterocycles. The average Bonchev–Trinajstić information content (AvgIpc) is 3.10. The molecule has 0 bridgehead atoms. The van der Waals surface area contributed by atoms with Gasteiger partial charge in [-0.3, -0.25) is 4.79 Å². The molecule has 0 aliphatic heterocycles. The quantitative estimate of drug-likeness (QED) is 0.255. The van der Waals surface area contributed by atoms with Crippen LogP contribution in [0.2, 0.25) is 0 Å². The first-order valence-corrected chi connectivity index (χ1v) is 12.9. The summed E-state index contributed by atoms with van der Waals surface area (Å²) in [6.07, 6.45) is 12.8. The van der Waals surface area contributed by atoms with E-state index in [4.69, 9.17) is 9.47 Å². The predicted molar refractivity (Wildman–Crippen MR) is 149 cm³/mol. The van der Waals surface area contributed by atoms with Crippen LogP contribution in [0.25, 0.3) is 0 Å². The second-order valence-corrected chi connectivity index (χ2v) is 10.3. The zero-order valence-corrected chi connectivity index (χ0v) is 22.8. The van der Waals surface area contributed by atoms with Crippen LogP contribution in [-0.2, 0) is 16.1 Å². The van der Waals surface area contributed by atoms with Crippen LogP contribution >= 0.6 is 0 Å². The molecule has 2 rings (SSSR count). The number of ether oxygens (including phenoxy) is 2. The van der Waals surface area contributed by atoms with Gasteiger partial charge in [0.2, 0.25) is 5.78 Å². The molecule has 1 aliphatic carbocycles. The van der Waals surface area contributed by atoms with Gasteiger partial charge in [-0.2, -0.15) is 0 Å². The number of aliphatic hydroxyl groups excluding tert-OH is 1. The van der Waals surface area contributed by atoms with Crippen LogP contribution in [0.5, 0.6) is 5.75 Å². The van der Waals surface area contributed by atoms with E-state index < -0.39 is 11.5 Å². The van der Waals surface area contributed by atoms with Gasteiger partial charge in [0.1, 0.15) is 12.4 Å². The Labute approximate surface area is 218 Å². The Balaban J connectivity index is 1.95. The third-order valence-electron chi connectivity index (χ3n) is 7.17. The molecule has 0 radical (unpaired) electrons. The van der Waals surface area contributed by atoms with E-state index in [0.29, 0.717) is 25.2 Å². The van der Waals surface area contributed by atoms with Crippen LogP contribution in [-0.4, -0.2) is 24.1 Å². The van der Waals surface area contributed by atoms with Gasteiger partial charge in [0.15, 0.2) is 5.76 Å². The van der Waals surface area contributed by atoms with E-state index in [2.05, 4.69) is 39.2 Å². The lowest BCUT2D eigenvalue weighted by Gasteiger charge is -2.28. The van der Waals surface area contributed by atoms with Crippen molar-refractivity contribution in [3.8, 4) is 5.75 Å². The van der Waals surface area contributed by atoms with Crippen LogP contribution in [0.1, 0.15) is 71.8 Å². The predicted octanol–water partition coefficient (Wildman–Crippen LogP) is 7.66. The summed E-state index contributed by atoms with van der Waals surface area (Å²) >= 11 is 0. The van der Waals surface area contributed by atoms with Crippen LogP contribution in [0.4, 0.5) is 0 Å². The normalized spacial score (nSPS) is 21.2. The van der Waals surface area contributed by atoms with Crippen molar-refractivity contribution in [1.82, 2.24) is 0 Å². The Kier molecular flexibility index (Phi) is 11.5. The molecule has 1 N–H and O–H groups in total. The zero-order chi connectivity index (χ0) is 26.7. The monoisotopic (exact) mass is 492 g/mol. The molecule has 0 spiro atoms. The second-order valence-electron chi connectivity index (χ2n) is 10.3. The van der Waals surface area contributed by atoms with E-state index in [0.717, 1.165) is 42.6 Å². The Hall–Kier alpha value is -2.85. The van der Waals surface area contributed by atoms with Crippen LogP contribution < -0.4 is 4.74 Å². The average molecular weight is 493 g/mol. The fourth-order valence-electron chi connectivity index (χ4n) is 4.39. The van der Waals surface area contributed by atoms with Crippen LogP contribution in [0, 0.1) is 11.3 Å². The molecule has 0 amide bonds. The number of methoxy groups -OCH3 is 1. The molecule has 0 saturated carbocycles. The molecule has 0 fully saturated rings. The van der Waals surface area contributed by atoms with Gasteiger partial charge >= 0.3 is 0 Å². The summed E-state index contributed by atoms with van der Waals surface area (Å²) in [6.45, 7) is 16.2. The summed E-state index contributed by atoms with van der Waals surface area (Å²) < 4.78 is 11.2. The van der Waals surface area contributed by atoms with E-state index in [1.165, 1.54) is 11.1 Å². The lowest BCUT2D eigenvalue weighted by atomic mass is 9.73. The molecule has 0 saturated heterocycles. The smallest absolute Gasteiger partial charge is 0.203 e. The highest BCUT2D eigenvalue weighted by Gasteiger charge is 2.46. The number of carbonyl (C=O) groups is 1. The highest BCUT2D eigenvalue weighted by Crippen LogP contribution is 2.45. The largest absolute Gasteiger partial charge is 0.497 e. The van der Waals surface area contributed by atoms with E-state index in [1.807, 2.05) is 50.3 Å². The van der Waals surface area contributed by atoms with E-state index in [-0.39, 0.29) is 11.7 Å². The number of carbonyl (C=O) groups excluding carboxylic acids is 1. The Morgan fingerprint density at radius 2 is 1.81 bits per heavy atom. The lowest BCUT2D eigenvalue weighted by Crippen LogP contribution is -2.30. The first-order valence-electron chi connectivity index (χ1n) is 12.9. The molecule has 1 aromatic carbocycles. The fraction of sp³-hybridized carbons (Fsp3) is 0.469. The van der Waals surface area contributed by atoms with Crippen molar-refractivity contribution in [2.45, 2.75) is 78.9 Å². The molecular weight excluding hydrogens is 448 g/mol. The SMILES string of the molecule is C=CC[C@@H]1C=C(OCc2ccc(OC)cc2)C(=O)[C@@]1(C)C/C=C(\C)CC/C=C(\C)CC[C@H](O)C(=C)C. The second kappa shape index (κ2) is 14.0. The van der Waals surface area contributed by atoms with Crippen molar-refractivity contribution in [1.29, 1.82) is 0 Å². The minimum Gasteiger partial charge on any atom is -0.497 e. The topological polar surface area (TPSA) is 55.8 Å². The summed E-state index contributed by atoms with van der Waals surface area (Å²) in [4.78, 5) is 13.4. The Morgan fingerprint density at radius 1 is 1.14 bits per heavy atom. The molecular formula is C32H44O4. The van der Waals surface area contributed by atoms with Gasteiger partial charge < -0.3 is 14.6 Å². The summed E-state index contributed by atoms with van der Waals surface area (Å²) in [5.41, 5.74) is 3.84. The Bertz CT molecular complexity index is 995. The lowest BCUT2D eigenvalue weighted by molar-refractivity contribution is -0.127. The van der Waals surface area contributed by atoms with Crippen LogP contribution in [0.3, 0.4) is 0 Å². The van der Waals surface area contributed by atoms with Gasteiger partial charge in [-0.25, -0.2) is 0 Å². The zero-order valence-electron chi connectivity index (χ0n) is 22.8. The number of allylic oxidation sites excluding steroid dienone is 7.